The lowest BCUT2D eigenvalue weighted by Crippen LogP contribution is -2.15. The van der Waals surface area contributed by atoms with E-state index in [-0.39, 0.29) is 17.3 Å². The van der Waals surface area contributed by atoms with Crippen molar-refractivity contribution in [2.24, 2.45) is 0 Å². The number of benzene rings is 1. The number of nitrogens with one attached hydrogen (secondary N) is 1. The first kappa shape index (κ1) is 15.4. The Labute approximate surface area is 136 Å². The Kier molecular flexibility index (Phi) is 4.24. The van der Waals surface area contributed by atoms with Gasteiger partial charge in [0.1, 0.15) is 5.82 Å². The molecule has 0 aliphatic carbocycles. The highest BCUT2D eigenvalue weighted by atomic mass is 32.2. The summed E-state index contributed by atoms with van der Waals surface area (Å²) in [5.41, 5.74) is 1.96. The minimum Gasteiger partial charge on any atom is -0.323 e. The van der Waals surface area contributed by atoms with E-state index in [2.05, 4.69) is 20.5 Å². The lowest BCUT2D eigenvalue weighted by atomic mass is 10.3. The van der Waals surface area contributed by atoms with Crippen LogP contribution in [0.4, 0.5) is 10.1 Å². The van der Waals surface area contributed by atoms with Gasteiger partial charge >= 0.3 is 0 Å². The number of nitrogens with zero attached hydrogens (tertiary/aromatic N) is 4. The molecular weight excluding hydrogens is 317 g/mol. The average Bonchev–Trinajstić information content (AvgIpc) is 2.90. The Bertz CT molecular complexity index is 879. The van der Waals surface area contributed by atoms with Gasteiger partial charge in [-0.05, 0) is 32.0 Å². The number of para-hydroxylation sites is 1. The molecule has 6 nitrogen and oxygen atoms in total. The molecule has 118 valence electrons. The summed E-state index contributed by atoms with van der Waals surface area (Å²) < 4.78 is 15.3. The van der Waals surface area contributed by atoms with Crippen LogP contribution >= 0.6 is 11.8 Å². The van der Waals surface area contributed by atoms with Gasteiger partial charge in [-0.2, -0.15) is 0 Å². The first-order valence-corrected chi connectivity index (χ1v) is 7.90. The van der Waals surface area contributed by atoms with E-state index in [9.17, 15) is 9.18 Å². The molecule has 1 aromatic carbocycles. The molecule has 0 bridgehead atoms. The maximum Gasteiger partial charge on any atom is 0.256 e. The number of carbonyl (C=O) groups excluding carboxylic acids is 1. The second-order valence-corrected chi connectivity index (χ2v) is 5.92. The highest BCUT2D eigenvalue weighted by Crippen LogP contribution is 2.19. The van der Waals surface area contributed by atoms with E-state index >= 15 is 0 Å². The molecule has 23 heavy (non-hydrogen) atoms. The van der Waals surface area contributed by atoms with Crippen LogP contribution in [0.3, 0.4) is 0 Å². The first-order chi connectivity index (χ1) is 11.0. The maximum atomic E-state index is 13.5. The molecule has 3 aromatic rings. The van der Waals surface area contributed by atoms with E-state index in [4.69, 9.17) is 0 Å². The molecule has 0 spiro atoms. The third kappa shape index (κ3) is 3.31. The quantitative estimate of drug-likeness (QED) is 0.744. The number of fused-ring (bicyclic) bond motifs is 1. The van der Waals surface area contributed by atoms with Gasteiger partial charge < -0.3 is 5.32 Å². The van der Waals surface area contributed by atoms with Gasteiger partial charge in [-0.25, -0.2) is 9.37 Å². The molecule has 2 aromatic heterocycles. The van der Waals surface area contributed by atoms with Crippen LogP contribution in [0.2, 0.25) is 0 Å². The average molecular weight is 331 g/mol. The Balaban J connectivity index is 1.71. The monoisotopic (exact) mass is 331 g/mol. The molecular formula is C15H14FN5OS. The second-order valence-electron chi connectivity index (χ2n) is 4.97. The van der Waals surface area contributed by atoms with Crippen molar-refractivity contribution >= 4 is 29.1 Å². The molecule has 1 N–H and O–H groups in total. The molecule has 0 radical (unpaired) electrons. The van der Waals surface area contributed by atoms with Gasteiger partial charge in [-0.3, -0.25) is 9.20 Å². The van der Waals surface area contributed by atoms with Gasteiger partial charge in [0, 0.05) is 11.4 Å². The van der Waals surface area contributed by atoms with Crippen molar-refractivity contribution in [2.75, 3.05) is 11.1 Å². The van der Waals surface area contributed by atoms with E-state index in [1.165, 1.54) is 23.9 Å². The molecule has 0 aliphatic heterocycles. The van der Waals surface area contributed by atoms with Crippen molar-refractivity contribution in [1.29, 1.82) is 0 Å². The topological polar surface area (TPSA) is 72.2 Å². The summed E-state index contributed by atoms with van der Waals surface area (Å²) in [6, 6.07) is 7.96. The molecule has 0 saturated carbocycles. The third-order valence-corrected chi connectivity index (χ3v) is 4.07. The maximum absolute atomic E-state index is 13.5. The Morgan fingerprint density at radius 1 is 1.30 bits per heavy atom. The number of thioether (sulfide) groups is 1. The summed E-state index contributed by atoms with van der Waals surface area (Å²) in [6.07, 6.45) is 0. The van der Waals surface area contributed by atoms with Crippen molar-refractivity contribution in [3.8, 4) is 0 Å². The number of rotatable bonds is 4. The molecule has 8 heteroatoms. The lowest BCUT2D eigenvalue weighted by Gasteiger charge is -2.06. The number of anilines is 1. The van der Waals surface area contributed by atoms with Gasteiger partial charge in [0.2, 0.25) is 5.91 Å². The zero-order valence-electron chi connectivity index (χ0n) is 12.6. The van der Waals surface area contributed by atoms with Crippen LogP contribution < -0.4 is 5.32 Å². The van der Waals surface area contributed by atoms with E-state index < -0.39 is 5.82 Å². The van der Waals surface area contributed by atoms with Gasteiger partial charge in [0.15, 0.2) is 5.16 Å². The number of aryl methyl sites for hydroxylation is 2. The Morgan fingerprint density at radius 2 is 2.09 bits per heavy atom. The fourth-order valence-corrected chi connectivity index (χ4v) is 2.96. The fraction of sp³-hybridized carbons (Fsp3) is 0.200. The second kappa shape index (κ2) is 6.33. The van der Waals surface area contributed by atoms with Crippen LogP contribution in [0.15, 0.2) is 35.5 Å². The third-order valence-electron chi connectivity index (χ3n) is 3.14. The van der Waals surface area contributed by atoms with Crippen LogP contribution in [0, 0.1) is 19.7 Å². The number of hydrogen-bond acceptors (Lipinski definition) is 5. The number of aromatic nitrogens is 4. The van der Waals surface area contributed by atoms with Gasteiger partial charge in [0.25, 0.3) is 5.78 Å². The van der Waals surface area contributed by atoms with Gasteiger partial charge in [-0.15, -0.1) is 10.2 Å². The zero-order valence-corrected chi connectivity index (χ0v) is 13.4. The Morgan fingerprint density at radius 3 is 2.87 bits per heavy atom. The SMILES string of the molecule is Cc1cc(C)n2c(SCC(=O)Nc3ccccc3F)nnc2n1. The van der Waals surface area contributed by atoms with E-state index in [0.717, 1.165) is 11.4 Å². The molecule has 0 aliphatic rings. The van der Waals surface area contributed by atoms with Crippen LogP contribution in [-0.4, -0.2) is 31.2 Å². The van der Waals surface area contributed by atoms with Crippen LogP contribution in [0.1, 0.15) is 11.4 Å². The zero-order chi connectivity index (χ0) is 16.4. The summed E-state index contributed by atoms with van der Waals surface area (Å²) >= 11 is 1.22. The summed E-state index contributed by atoms with van der Waals surface area (Å²) in [4.78, 5) is 16.3. The molecule has 1 amide bonds. The summed E-state index contributed by atoms with van der Waals surface area (Å²) in [5.74, 6) is -0.175. The summed E-state index contributed by atoms with van der Waals surface area (Å²) in [5, 5.41) is 11.2. The normalized spacial score (nSPS) is 10.9. The summed E-state index contributed by atoms with van der Waals surface area (Å²) in [7, 11) is 0. The number of halogens is 1. The predicted molar refractivity (Wildman–Crippen MR) is 86.0 cm³/mol. The standard InChI is InChI=1S/C15H14FN5OS/c1-9-7-10(2)21-14(17-9)19-20-15(21)23-8-13(22)18-12-6-4-3-5-11(12)16/h3-7H,8H2,1-2H3,(H,18,22). The molecule has 0 saturated heterocycles. The smallest absolute Gasteiger partial charge is 0.256 e. The van der Waals surface area contributed by atoms with Crippen molar-refractivity contribution < 1.29 is 9.18 Å². The number of carbonyl (C=O) groups is 1. The lowest BCUT2D eigenvalue weighted by molar-refractivity contribution is -0.113. The molecule has 0 unspecified atom stereocenters. The predicted octanol–water partition coefficient (Wildman–Crippen LogP) is 2.61. The van der Waals surface area contributed by atoms with Crippen LogP contribution in [0.25, 0.3) is 5.78 Å². The minimum absolute atomic E-state index is 0.0996. The highest BCUT2D eigenvalue weighted by molar-refractivity contribution is 7.99. The van der Waals surface area contributed by atoms with Crippen LogP contribution in [-0.2, 0) is 4.79 Å². The van der Waals surface area contributed by atoms with Gasteiger partial charge in [-0.1, -0.05) is 23.9 Å². The minimum atomic E-state index is -0.464. The van der Waals surface area contributed by atoms with E-state index in [1.54, 1.807) is 16.5 Å². The number of hydrogen-bond donors (Lipinski definition) is 1. The molecule has 2 heterocycles. The van der Waals surface area contributed by atoms with Gasteiger partial charge in [0.05, 0.1) is 11.4 Å². The summed E-state index contributed by atoms with van der Waals surface area (Å²) in [6.45, 7) is 3.81. The van der Waals surface area contributed by atoms with Crippen molar-refractivity contribution in [3.05, 3.63) is 47.5 Å². The van der Waals surface area contributed by atoms with E-state index in [1.807, 2.05) is 19.9 Å². The van der Waals surface area contributed by atoms with E-state index in [0.29, 0.717) is 10.9 Å². The van der Waals surface area contributed by atoms with Crippen molar-refractivity contribution in [2.45, 2.75) is 19.0 Å². The molecule has 0 atom stereocenters. The molecule has 0 fully saturated rings. The fourth-order valence-electron chi connectivity index (χ4n) is 2.17. The van der Waals surface area contributed by atoms with Crippen LogP contribution in [0.5, 0.6) is 0 Å². The number of amides is 1. The molecule has 3 rings (SSSR count). The largest absolute Gasteiger partial charge is 0.323 e. The Hall–Kier alpha value is -2.48. The first-order valence-electron chi connectivity index (χ1n) is 6.91. The van der Waals surface area contributed by atoms with Crippen molar-refractivity contribution in [1.82, 2.24) is 19.6 Å². The highest BCUT2D eigenvalue weighted by Gasteiger charge is 2.13. The van der Waals surface area contributed by atoms with Crippen molar-refractivity contribution in [3.63, 3.8) is 0 Å².